The number of unbranched alkanes of at least 4 members (excludes halogenated alkanes) is 1. The monoisotopic (exact) mass is 285 g/mol. The lowest BCUT2D eigenvalue weighted by molar-refractivity contribution is 0.100. The van der Waals surface area contributed by atoms with Gasteiger partial charge in [0.05, 0.1) is 22.9 Å². The Kier molecular flexibility index (Phi) is 6.45. The number of benzene rings is 1. The summed E-state index contributed by atoms with van der Waals surface area (Å²) in [6.45, 7) is 3.93. The summed E-state index contributed by atoms with van der Waals surface area (Å²) in [6, 6.07) is 3.09. The number of nitrogen functional groups attached to an aromatic ring is 1. The Morgan fingerprint density at radius 3 is 2.79 bits per heavy atom. The normalized spacial score (nSPS) is 10.4. The van der Waals surface area contributed by atoms with Gasteiger partial charge in [-0.1, -0.05) is 24.9 Å². The summed E-state index contributed by atoms with van der Waals surface area (Å²) in [4.78, 5) is 11.3. The topological polar surface area (TPSA) is 90.4 Å². The third-order valence-electron chi connectivity index (χ3n) is 2.57. The van der Waals surface area contributed by atoms with E-state index in [0.29, 0.717) is 35.1 Å². The van der Waals surface area contributed by atoms with Gasteiger partial charge in [0.1, 0.15) is 0 Å². The summed E-state index contributed by atoms with van der Waals surface area (Å²) in [5, 5.41) is 3.43. The minimum Gasteiger partial charge on any atom is -0.399 e. The number of amides is 1. The number of primary amides is 1. The maximum Gasteiger partial charge on any atom is 0.250 e. The van der Waals surface area contributed by atoms with Crippen LogP contribution in [0.15, 0.2) is 12.1 Å². The van der Waals surface area contributed by atoms with E-state index >= 15 is 0 Å². The minimum atomic E-state index is -0.566. The second kappa shape index (κ2) is 7.86. The van der Waals surface area contributed by atoms with Gasteiger partial charge < -0.3 is 21.5 Å². The molecule has 0 saturated heterocycles. The van der Waals surface area contributed by atoms with Crippen molar-refractivity contribution in [3.05, 3.63) is 22.7 Å². The Balaban J connectivity index is 2.59. The number of hydrogen-bond donors (Lipinski definition) is 3. The summed E-state index contributed by atoms with van der Waals surface area (Å²) in [7, 11) is 0. The lowest BCUT2D eigenvalue weighted by Crippen LogP contribution is -2.17. The van der Waals surface area contributed by atoms with E-state index in [0.717, 1.165) is 19.4 Å². The van der Waals surface area contributed by atoms with Gasteiger partial charge in [-0.15, -0.1) is 0 Å². The van der Waals surface area contributed by atoms with E-state index in [1.807, 2.05) is 0 Å². The molecular formula is C13H20ClN3O2. The number of anilines is 2. The van der Waals surface area contributed by atoms with E-state index in [1.54, 1.807) is 6.07 Å². The molecule has 0 aliphatic carbocycles. The fourth-order valence-electron chi connectivity index (χ4n) is 1.60. The number of carbonyl (C=O) groups excluding carboxylic acids is 1. The van der Waals surface area contributed by atoms with Crippen LogP contribution in [-0.2, 0) is 4.74 Å². The van der Waals surface area contributed by atoms with Crippen molar-refractivity contribution in [2.75, 3.05) is 30.8 Å². The fourth-order valence-corrected chi connectivity index (χ4v) is 1.89. The van der Waals surface area contributed by atoms with Crippen molar-refractivity contribution in [2.45, 2.75) is 19.8 Å². The number of carbonyl (C=O) groups is 1. The van der Waals surface area contributed by atoms with Gasteiger partial charge in [-0.3, -0.25) is 4.79 Å². The van der Waals surface area contributed by atoms with Crippen LogP contribution in [-0.4, -0.2) is 25.7 Å². The van der Waals surface area contributed by atoms with Crippen LogP contribution in [0.4, 0.5) is 11.4 Å². The standard InChI is InChI=1S/C13H20ClN3O2/c1-2-3-5-19-6-4-17-12-10(13(16)18)7-9(15)8-11(12)14/h7-8,17H,2-6,15H2,1H3,(H2,16,18). The molecule has 0 aliphatic heterocycles. The SMILES string of the molecule is CCCCOCCNc1c(Cl)cc(N)cc1C(N)=O. The second-order valence-electron chi connectivity index (χ2n) is 4.18. The Morgan fingerprint density at radius 2 is 2.16 bits per heavy atom. The van der Waals surface area contributed by atoms with Crippen LogP contribution in [0.25, 0.3) is 0 Å². The smallest absolute Gasteiger partial charge is 0.250 e. The Bertz CT molecular complexity index is 438. The minimum absolute atomic E-state index is 0.290. The van der Waals surface area contributed by atoms with Crippen LogP contribution in [0.3, 0.4) is 0 Å². The van der Waals surface area contributed by atoms with Gasteiger partial charge >= 0.3 is 0 Å². The molecule has 0 radical (unpaired) electrons. The van der Waals surface area contributed by atoms with Gasteiger partial charge in [0.25, 0.3) is 5.91 Å². The number of rotatable bonds is 8. The number of hydrogen-bond acceptors (Lipinski definition) is 4. The first-order chi connectivity index (χ1) is 9.06. The molecule has 6 heteroatoms. The summed E-state index contributed by atoms with van der Waals surface area (Å²) in [5.74, 6) is -0.566. The zero-order chi connectivity index (χ0) is 14.3. The quantitative estimate of drug-likeness (QED) is 0.505. The highest BCUT2D eigenvalue weighted by atomic mass is 35.5. The van der Waals surface area contributed by atoms with E-state index in [4.69, 9.17) is 27.8 Å². The molecule has 0 bridgehead atoms. The molecule has 0 heterocycles. The van der Waals surface area contributed by atoms with Crippen molar-refractivity contribution in [1.82, 2.24) is 0 Å². The van der Waals surface area contributed by atoms with Crippen molar-refractivity contribution < 1.29 is 9.53 Å². The van der Waals surface area contributed by atoms with E-state index in [9.17, 15) is 4.79 Å². The Morgan fingerprint density at radius 1 is 1.42 bits per heavy atom. The first-order valence-corrected chi connectivity index (χ1v) is 6.64. The summed E-state index contributed by atoms with van der Waals surface area (Å²) in [5.41, 5.74) is 12.1. The van der Waals surface area contributed by atoms with Crippen molar-refractivity contribution in [3.8, 4) is 0 Å². The van der Waals surface area contributed by atoms with Gasteiger partial charge in [0.2, 0.25) is 0 Å². The predicted molar refractivity (Wildman–Crippen MR) is 78.6 cm³/mol. The summed E-state index contributed by atoms with van der Waals surface area (Å²) in [6.07, 6.45) is 2.14. The van der Waals surface area contributed by atoms with Gasteiger partial charge in [-0.25, -0.2) is 0 Å². The van der Waals surface area contributed by atoms with E-state index < -0.39 is 5.91 Å². The lowest BCUT2D eigenvalue weighted by Gasteiger charge is -2.13. The maximum atomic E-state index is 11.3. The zero-order valence-electron chi connectivity index (χ0n) is 11.0. The fraction of sp³-hybridized carbons (Fsp3) is 0.462. The van der Waals surface area contributed by atoms with Gasteiger partial charge in [-0.2, -0.15) is 0 Å². The average Bonchev–Trinajstić information content (AvgIpc) is 2.34. The summed E-state index contributed by atoms with van der Waals surface area (Å²) < 4.78 is 5.41. The van der Waals surface area contributed by atoms with Gasteiger partial charge in [0.15, 0.2) is 0 Å². The zero-order valence-corrected chi connectivity index (χ0v) is 11.8. The summed E-state index contributed by atoms with van der Waals surface area (Å²) >= 11 is 6.05. The van der Waals surface area contributed by atoms with E-state index in [1.165, 1.54) is 6.07 Å². The molecule has 0 atom stereocenters. The number of ether oxygens (including phenoxy) is 1. The second-order valence-corrected chi connectivity index (χ2v) is 4.59. The number of nitrogens with one attached hydrogen (secondary N) is 1. The molecule has 0 unspecified atom stereocenters. The maximum absolute atomic E-state index is 11.3. The highest BCUT2D eigenvalue weighted by Gasteiger charge is 2.12. The molecule has 1 aromatic rings. The first kappa shape index (κ1) is 15.6. The molecule has 5 nitrogen and oxygen atoms in total. The van der Waals surface area contributed by atoms with Crippen molar-refractivity contribution >= 4 is 28.9 Å². The lowest BCUT2D eigenvalue weighted by atomic mass is 10.1. The predicted octanol–water partition coefficient (Wildman–Crippen LogP) is 2.25. The molecular weight excluding hydrogens is 266 g/mol. The van der Waals surface area contributed by atoms with Crippen LogP contribution in [0.1, 0.15) is 30.1 Å². The number of nitrogens with two attached hydrogens (primary N) is 2. The number of halogens is 1. The van der Waals surface area contributed by atoms with Gasteiger partial charge in [0, 0.05) is 18.8 Å². The van der Waals surface area contributed by atoms with E-state index in [2.05, 4.69) is 12.2 Å². The van der Waals surface area contributed by atoms with Crippen LogP contribution in [0.5, 0.6) is 0 Å². The molecule has 0 aromatic heterocycles. The van der Waals surface area contributed by atoms with Crippen LogP contribution in [0.2, 0.25) is 5.02 Å². The van der Waals surface area contributed by atoms with Crippen molar-refractivity contribution in [3.63, 3.8) is 0 Å². The molecule has 5 N–H and O–H groups in total. The highest BCUT2D eigenvalue weighted by Crippen LogP contribution is 2.28. The average molecular weight is 286 g/mol. The third kappa shape index (κ3) is 4.96. The molecule has 0 spiro atoms. The van der Waals surface area contributed by atoms with Crippen LogP contribution >= 0.6 is 11.6 Å². The molecule has 106 valence electrons. The molecule has 1 rings (SSSR count). The largest absolute Gasteiger partial charge is 0.399 e. The molecule has 19 heavy (non-hydrogen) atoms. The Hall–Kier alpha value is -1.46. The van der Waals surface area contributed by atoms with Crippen molar-refractivity contribution in [1.29, 1.82) is 0 Å². The van der Waals surface area contributed by atoms with Gasteiger partial charge in [-0.05, 0) is 18.6 Å². The van der Waals surface area contributed by atoms with Crippen molar-refractivity contribution in [2.24, 2.45) is 5.73 Å². The van der Waals surface area contributed by atoms with E-state index in [-0.39, 0.29) is 0 Å². The molecule has 1 aromatic carbocycles. The van der Waals surface area contributed by atoms with Crippen LogP contribution in [0, 0.1) is 0 Å². The molecule has 0 saturated carbocycles. The van der Waals surface area contributed by atoms with Crippen LogP contribution < -0.4 is 16.8 Å². The Labute approximate surface area is 118 Å². The first-order valence-electron chi connectivity index (χ1n) is 6.26. The highest BCUT2D eigenvalue weighted by molar-refractivity contribution is 6.34. The third-order valence-corrected chi connectivity index (χ3v) is 2.87. The molecule has 1 amide bonds. The molecule has 0 aliphatic rings. The molecule has 0 fully saturated rings.